The topological polar surface area (TPSA) is 42.1 Å². The van der Waals surface area contributed by atoms with E-state index in [-0.39, 0.29) is 6.04 Å². The summed E-state index contributed by atoms with van der Waals surface area (Å²) < 4.78 is 0. The lowest BCUT2D eigenvalue weighted by Gasteiger charge is -2.22. The third-order valence-corrected chi connectivity index (χ3v) is 4.13. The quantitative estimate of drug-likeness (QED) is 0.876. The number of pyridine rings is 1. The summed E-state index contributed by atoms with van der Waals surface area (Å²) in [5.41, 5.74) is 8.11. The molecule has 19 heavy (non-hydrogen) atoms. The van der Waals surface area contributed by atoms with Gasteiger partial charge in [-0.15, -0.1) is 11.3 Å². The third kappa shape index (κ3) is 3.55. The van der Waals surface area contributed by atoms with E-state index in [1.807, 2.05) is 12.3 Å². The first-order chi connectivity index (χ1) is 9.24. The van der Waals surface area contributed by atoms with Crippen molar-refractivity contribution in [2.75, 3.05) is 11.4 Å². The first kappa shape index (κ1) is 14.0. The molecule has 0 spiro atoms. The summed E-state index contributed by atoms with van der Waals surface area (Å²) in [5, 5.41) is 2.12. The third-order valence-electron chi connectivity index (χ3n) is 3.26. The molecular formula is C15H21N3S. The summed E-state index contributed by atoms with van der Waals surface area (Å²) in [6.45, 7) is 6.16. The number of aromatic nitrogens is 1. The van der Waals surface area contributed by atoms with Crippen LogP contribution in [0.15, 0.2) is 35.8 Å². The van der Waals surface area contributed by atoms with Crippen molar-refractivity contribution >= 4 is 17.0 Å². The Balaban J connectivity index is 2.10. The molecule has 2 aromatic heterocycles. The normalized spacial score (nSPS) is 12.4. The van der Waals surface area contributed by atoms with Crippen LogP contribution in [0.25, 0.3) is 0 Å². The van der Waals surface area contributed by atoms with Crippen molar-refractivity contribution in [3.8, 4) is 0 Å². The molecule has 0 saturated carbocycles. The van der Waals surface area contributed by atoms with Crippen LogP contribution in [0.3, 0.4) is 0 Å². The zero-order valence-corrected chi connectivity index (χ0v) is 12.4. The zero-order valence-electron chi connectivity index (χ0n) is 11.5. The van der Waals surface area contributed by atoms with Crippen molar-refractivity contribution < 1.29 is 0 Å². The Morgan fingerprint density at radius 1 is 1.32 bits per heavy atom. The van der Waals surface area contributed by atoms with Crippen LogP contribution in [0, 0.1) is 0 Å². The predicted octanol–water partition coefficient (Wildman–Crippen LogP) is 3.58. The fraction of sp³-hybridized carbons (Fsp3) is 0.400. The van der Waals surface area contributed by atoms with Crippen LogP contribution in [0.1, 0.15) is 36.9 Å². The number of nitrogens with zero attached hydrogens (tertiary/aromatic N) is 2. The highest BCUT2D eigenvalue weighted by Gasteiger charge is 2.09. The van der Waals surface area contributed by atoms with Crippen LogP contribution >= 0.6 is 11.3 Å². The summed E-state index contributed by atoms with van der Waals surface area (Å²) >= 11 is 1.79. The Morgan fingerprint density at radius 3 is 2.68 bits per heavy atom. The first-order valence-corrected chi connectivity index (χ1v) is 7.61. The molecule has 0 aliphatic rings. The Morgan fingerprint density at radius 2 is 2.16 bits per heavy atom. The monoisotopic (exact) mass is 275 g/mol. The van der Waals surface area contributed by atoms with Crippen molar-refractivity contribution in [3.63, 3.8) is 0 Å². The molecule has 2 rings (SSSR count). The van der Waals surface area contributed by atoms with E-state index in [9.17, 15) is 0 Å². The lowest BCUT2D eigenvalue weighted by Crippen LogP contribution is -2.22. The molecular weight excluding hydrogens is 254 g/mol. The molecule has 0 amide bonds. The second-order valence-electron chi connectivity index (χ2n) is 4.55. The Bertz CT molecular complexity index is 479. The number of nitrogens with two attached hydrogens (primary N) is 1. The van der Waals surface area contributed by atoms with Gasteiger partial charge in [-0.25, -0.2) is 0 Å². The van der Waals surface area contributed by atoms with E-state index in [1.54, 1.807) is 11.3 Å². The molecule has 0 radical (unpaired) electrons. The molecule has 0 aliphatic heterocycles. The van der Waals surface area contributed by atoms with Crippen molar-refractivity contribution in [1.29, 1.82) is 0 Å². The van der Waals surface area contributed by atoms with Crippen molar-refractivity contribution in [2.24, 2.45) is 5.73 Å². The van der Waals surface area contributed by atoms with Crippen LogP contribution in [-0.2, 0) is 6.54 Å². The van der Waals surface area contributed by atoms with Crippen LogP contribution in [0.2, 0.25) is 0 Å². The van der Waals surface area contributed by atoms with Gasteiger partial charge in [0.1, 0.15) is 0 Å². The molecule has 2 aromatic rings. The van der Waals surface area contributed by atoms with Gasteiger partial charge in [-0.1, -0.05) is 13.0 Å². The van der Waals surface area contributed by atoms with Crippen LogP contribution in [0.4, 0.5) is 5.69 Å². The minimum absolute atomic E-state index is 0.0430. The van der Waals surface area contributed by atoms with Gasteiger partial charge in [-0.05, 0) is 36.9 Å². The van der Waals surface area contributed by atoms with E-state index >= 15 is 0 Å². The maximum atomic E-state index is 5.99. The minimum Gasteiger partial charge on any atom is -0.365 e. The van der Waals surface area contributed by atoms with Gasteiger partial charge in [0.2, 0.25) is 0 Å². The first-order valence-electron chi connectivity index (χ1n) is 6.73. The minimum atomic E-state index is 0.0430. The molecule has 3 nitrogen and oxygen atoms in total. The Kier molecular flexibility index (Phi) is 4.93. The summed E-state index contributed by atoms with van der Waals surface area (Å²) in [5.74, 6) is 0. The molecule has 0 aromatic carbocycles. The molecule has 0 saturated heterocycles. The fourth-order valence-corrected chi connectivity index (χ4v) is 2.71. The SMILES string of the molecule is CC[C@@H](N)c1ccc(N(CC)Cc2cccs2)cn1. The lowest BCUT2D eigenvalue weighted by molar-refractivity contribution is 0.674. The highest BCUT2D eigenvalue weighted by molar-refractivity contribution is 7.09. The van der Waals surface area contributed by atoms with Gasteiger partial charge in [0.15, 0.2) is 0 Å². The number of hydrogen-bond acceptors (Lipinski definition) is 4. The Hall–Kier alpha value is -1.39. The molecule has 0 aliphatic carbocycles. The van der Waals surface area contributed by atoms with Crippen molar-refractivity contribution in [1.82, 2.24) is 4.98 Å². The van der Waals surface area contributed by atoms with Gasteiger partial charge >= 0.3 is 0 Å². The van der Waals surface area contributed by atoms with Crippen LogP contribution in [0.5, 0.6) is 0 Å². The number of rotatable bonds is 6. The van der Waals surface area contributed by atoms with E-state index in [2.05, 4.69) is 47.3 Å². The summed E-state index contributed by atoms with van der Waals surface area (Å²) in [6.07, 6.45) is 2.85. The maximum absolute atomic E-state index is 5.99. The predicted molar refractivity (Wildman–Crippen MR) is 82.5 cm³/mol. The van der Waals surface area contributed by atoms with E-state index in [4.69, 9.17) is 5.73 Å². The van der Waals surface area contributed by atoms with Gasteiger partial charge in [-0.3, -0.25) is 4.98 Å². The molecule has 1 atom stereocenters. The second-order valence-corrected chi connectivity index (χ2v) is 5.58. The lowest BCUT2D eigenvalue weighted by atomic mass is 10.1. The van der Waals surface area contributed by atoms with E-state index in [0.717, 1.165) is 30.9 Å². The smallest absolute Gasteiger partial charge is 0.0572 e. The average Bonchev–Trinajstić information content (AvgIpc) is 2.97. The highest BCUT2D eigenvalue weighted by atomic mass is 32.1. The molecule has 0 bridgehead atoms. The molecule has 102 valence electrons. The van der Waals surface area contributed by atoms with E-state index in [0.29, 0.717) is 0 Å². The number of thiophene rings is 1. The molecule has 4 heteroatoms. The fourth-order valence-electron chi connectivity index (χ4n) is 1.99. The number of hydrogen-bond donors (Lipinski definition) is 1. The summed E-state index contributed by atoms with van der Waals surface area (Å²) in [7, 11) is 0. The van der Waals surface area contributed by atoms with Crippen molar-refractivity contribution in [2.45, 2.75) is 32.9 Å². The van der Waals surface area contributed by atoms with Gasteiger partial charge < -0.3 is 10.6 Å². The highest BCUT2D eigenvalue weighted by Crippen LogP contribution is 2.20. The zero-order chi connectivity index (χ0) is 13.7. The maximum Gasteiger partial charge on any atom is 0.0572 e. The van der Waals surface area contributed by atoms with Gasteiger partial charge in [-0.2, -0.15) is 0 Å². The van der Waals surface area contributed by atoms with Gasteiger partial charge in [0.25, 0.3) is 0 Å². The van der Waals surface area contributed by atoms with Crippen LogP contribution < -0.4 is 10.6 Å². The largest absolute Gasteiger partial charge is 0.365 e. The molecule has 0 fully saturated rings. The molecule has 2 heterocycles. The summed E-state index contributed by atoms with van der Waals surface area (Å²) in [6, 6.07) is 8.47. The molecule has 2 N–H and O–H groups in total. The molecule has 0 unspecified atom stereocenters. The van der Waals surface area contributed by atoms with E-state index in [1.165, 1.54) is 4.88 Å². The van der Waals surface area contributed by atoms with Crippen molar-refractivity contribution in [3.05, 3.63) is 46.4 Å². The summed E-state index contributed by atoms with van der Waals surface area (Å²) in [4.78, 5) is 8.18. The van der Waals surface area contributed by atoms with Crippen LogP contribution in [-0.4, -0.2) is 11.5 Å². The van der Waals surface area contributed by atoms with Gasteiger partial charge in [0, 0.05) is 17.5 Å². The second kappa shape index (κ2) is 6.68. The standard InChI is InChI=1S/C15H21N3S/c1-3-14(16)15-8-7-12(10-17-15)18(4-2)11-13-6-5-9-19-13/h5-10,14H,3-4,11,16H2,1-2H3/t14-/m1/s1. The van der Waals surface area contributed by atoms with E-state index < -0.39 is 0 Å². The van der Waals surface area contributed by atoms with Gasteiger partial charge in [0.05, 0.1) is 24.1 Å². The number of anilines is 1. The Labute approximate surface area is 119 Å². The average molecular weight is 275 g/mol.